The number of anilines is 1. The minimum Gasteiger partial charge on any atom is -0.482 e. The third-order valence-electron chi connectivity index (χ3n) is 3.60. The third kappa shape index (κ3) is 5.11. The highest BCUT2D eigenvalue weighted by Crippen LogP contribution is 2.38. The first-order valence-electron chi connectivity index (χ1n) is 7.98. The molecular formula is C16H17F3N4O3. The van der Waals surface area contributed by atoms with Crippen LogP contribution in [0.2, 0.25) is 0 Å². The monoisotopic (exact) mass is 370 g/mol. The summed E-state index contributed by atoms with van der Waals surface area (Å²) in [4.78, 5) is 16.2. The lowest BCUT2D eigenvalue weighted by Gasteiger charge is -2.14. The molecule has 0 bridgehead atoms. The summed E-state index contributed by atoms with van der Waals surface area (Å²) in [5, 5.41) is 8.79. The van der Waals surface area contributed by atoms with E-state index < -0.39 is 18.8 Å². The van der Waals surface area contributed by atoms with Gasteiger partial charge in [0.05, 0.1) is 12.2 Å². The van der Waals surface area contributed by atoms with Crippen LogP contribution in [0.3, 0.4) is 0 Å². The Morgan fingerprint density at radius 2 is 2.15 bits per heavy atom. The molecule has 26 heavy (non-hydrogen) atoms. The molecule has 3 rings (SSSR count). The van der Waals surface area contributed by atoms with E-state index in [4.69, 9.17) is 9.26 Å². The van der Waals surface area contributed by atoms with Crippen LogP contribution in [0.25, 0.3) is 0 Å². The minimum absolute atomic E-state index is 0.0101. The van der Waals surface area contributed by atoms with Crippen LogP contribution in [0.5, 0.6) is 5.75 Å². The van der Waals surface area contributed by atoms with Gasteiger partial charge in [-0.25, -0.2) is 4.79 Å². The molecule has 2 N–H and O–H groups in total. The van der Waals surface area contributed by atoms with E-state index in [0.29, 0.717) is 17.3 Å². The maximum Gasteiger partial charge on any atom is 0.422 e. The first-order valence-corrected chi connectivity index (χ1v) is 7.98. The van der Waals surface area contributed by atoms with Crippen molar-refractivity contribution in [1.82, 2.24) is 15.5 Å². The predicted octanol–water partition coefficient (Wildman–Crippen LogP) is 3.52. The Kier molecular flexibility index (Phi) is 5.01. The van der Waals surface area contributed by atoms with Crippen LogP contribution in [0.1, 0.15) is 36.0 Å². The van der Waals surface area contributed by atoms with E-state index in [0.717, 1.165) is 12.8 Å². The van der Waals surface area contributed by atoms with Gasteiger partial charge in [-0.15, -0.1) is 0 Å². The highest BCUT2D eigenvalue weighted by Gasteiger charge is 2.29. The zero-order valence-electron chi connectivity index (χ0n) is 13.9. The van der Waals surface area contributed by atoms with Crippen LogP contribution >= 0.6 is 0 Å². The SMILES string of the molecule is Cc1ccc(NC(=O)NCc2nc(C3CC3)no2)c(OCC(F)(F)F)c1. The largest absolute Gasteiger partial charge is 0.482 e. The number of nitrogens with zero attached hydrogens (tertiary/aromatic N) is 2. The lowest BCUT2D eigenvalue weighted by molar-refractivity contribution is -0.153. The van der Waals surface area contributed by atoms with Crippen molar-refractivity contribution >= 4 is 11.7 Å². The fraction of sp³-hybridized carbons (Fsp3) is 0.438. The number of benzene rings is 1. The number of aryl methyl sites for hydroxylation is 1. The smallest absolute Gasteiger partial charge is 0.422 e. The molecule has 2 aromatic rings. The molecule has 2 amide bonds. The lowest BCUT2D eigenvalue weighted by Crippen LogP contribution is -2.29. The molecule has 1 aromatic carbocycles. The summed E-state index contributed by atoms with van der Waals surface area (Å²) in [5.41, 5.74) is 0.827. The van der Waals surface area contributed by atoms with Crippen molar-refractivity contribution in [1.29, 1.82) is 0 Å². The van der Waals surface area contributed by atoms with Crippen molar-refractivity contribution in [3.8, 4) is 5.75 Å². The Morgan fingerprint density at radius 1 is 1.38 bits per heavy atom. The van der Waals surface area contributed by atoms with Crippen molar-refractivity contribution in [2.75, 3.05) is 11.9 Å². The van der Waals surface area contributed by atoms with Gasteiger partial charge in [0.1, 0.15) is 5.75 Å². The highest BCUT2D eigenvalue weighted by atomic mass is 19.4. The number of carbonyl (C=O) groups is 1. The topological polar surface area (TPSA) is 89.3 Å². The Balaban J connectivity index is 1.57. The number of halogens is 3. The van der Waals surface area contributed by atoms with E-state index in [-0.39, 0.29) is 23.9 Å². The second-order valence-corrected chi connectivity index (χ2v) is 6.03. The molecule has 10 heteroatoms. The number of nitrogens with one attached hydrogen (secondary N) is 2. The van der Waals surface area contributed by atoms with E-state index in [9.17, 15) is 18.0 Å². The van der Waals surface area contributed by atoms with E-state index in [1.807, 2.05) is 0 Å². The number of alkyl halides is 3. The van der Waals surface area contributed by atoms with Gasteiger partial charge in [0.15, 0.2) is 12.4 Å². The second kappa shape index (κ2) is 7.22. The Labute approximate surface area is 146 Å². The average molecular weight is 370 g/mol. The number of carbonyl (C=O) groups excluding carboxylic acids is 1. The van der Waals surface area contributed by atoms with Crippen LogP contribution in [0.15, 0.2) is 22.7 Å². The molecule has 0 unspecified atom stereocenters. The molecule has 0 radical (unpaired) electrons. The molecule has 1 saturated carbocycles. The number of rotatable bonds is 6. The summed E-state index contributed by atoms with van der Waals surface area (Å²) in [6, 6.07) is 3.91. The summed E-state index contributed by atoms with van der Waals surface area (Å²) in [7, 11) is 0. The number of hydrogen-bond donors (Lipinski definition) is 2. The number of ether oxygens (including phenoxy) is 1. The number of urea groups is 1. The quantitative estimate of drug-likeness (QED) is 0.812. The fourth-order valence-electron chi connectivity index (χ4n) is 2.18. The molecule has 140 valence electrons. The standard InChI is InChI=1S/C16H17F3N4O3/c1-9-2-5-11(12(6-9)25-8-16(17,18)19)21-15(24)20-7-13-22-14(23-26-13)10-3-4-10/h2,5-6,10H,3-4,7-8H2,1H3,(H2,20,21,24). The second-order valence-electron chi connectivity index (χ2n) is 6.03. The molecule has 1 aliphatic rings. The van der Waals surface area contributed by atoms with Crippen LogP contribution in [-0.4, -0.2) is 29.0 Å². The molecule has 1 fully saturated rings. The highest BCUT2D eigenvalue weighted by molar-refractivity contribution is 5.90. The van der Waals surface area contributed by atoms with E-state index in [2.05, 4.69) is 20.8 Å². The number of hydrogen-bond acceptors (Lipinski definition) is 5. The van der Waals surface area contributed by atoms with E-state index in [1.165, 1.54) is 12.1 Å². The van der Waals surface area contributed by atoms with Crippen molar-refractivity contribution in [2.24, 2.45) is 0 Å². The van der Waals surface area contributed by atoms with Crippen molar-refractivity contribution in [3.05, 3.63) is 35.5 Å². The molecule has 0 spiro atoms. The van der Waals surface area contributed by atoms with Gasteiger partial charge in [-0.05, 0) is 37.5 Å². The molecule has 1 heterocycles. The Bertz CT molecular complexity index is 787. The first-order chi connectivity index (χ1) is 12.3. The van der Waals surface area contributed by atoms with Gasteiger partial charge < -0.3 is 19.9 Å². The molecular weight excluding hydrogens is 353 g/mol. The van der Waals surface area contributed by atoms with Gasteiger partial charge >= 0.3 is 12.2 Å². The molecule has 0 saturated heterocycles. The van der Waals surface area contributed by atoms with Crippen LogP contribution in [-0.2, 0) is 6.54 Å². The summed E-state index contributed by atoms with van der Waals surface area (Å²) in [5.74, 6) is 1.16. The summed E-state index contributed by atoms with van der Waals surface area (Å²) >= 11 is 0. The third-order valence-corrected chi connectivity index (χ3v) is 3.60. The van der Waals surface area contributed by atoms with Gasteiger partial charge in [0.25, 0.3) is 0 Å². The van der Waals surface area contributed by atoms with Crippen molar-refractivity contribution < 1.29 is 27.2 Å². The van der Waals surface area contributed by atoms with Crippen LogP contribution in [0, 0.1) is 6.92 Å². The first kappa shape index (κ1) is 18.0. The zero-order chi connectivity index (χ0) is 18.7. The predicted molar refractivity (Wildman–Crippen MR) is 84.9 cm³/mol. The lowest BCUT2D eigenvalue weighted by atomic mass is 10.2. The van der Waals surface area contributed by atoms with Crippen LogP contribution in [0.4, 0.5) is 23.7 Å². The van der Waals surface area contributed by atoms with Gasteiger partial charge in [0.2, 0.25) is 5.89 Å². The van der Waals surface area contributed by atoms with Crippen molar-refractivity contribution in [3.63, 3.8) is 0 Å². The summed E-state index contributed by atoms with van der Waals surface area (Å²) < 4.78 is 46.9. The van der Waals surface area contributed by atoms with E-state index in [1.54, 1.807) is 13.0 Å². The average Bonchev–Trinajstić information content (AvgIpc) is 3.31. The number of aromatic nitrogens is 2. The van der Waals surface area contributed by atoms with Gasteiger partial charge in [-0.2, -0.15) is 18.2 Å². The molecule has 1 aromatic heterocycles. The molecule has 1 aliphatic carbocycles. The summed E-state index contributed by atoms with van der Waals surface area (Å²) in [6.45, 7) is 0.270. The maximum atomic E-state index is 12.4. The normalized spacial score (nSPS) is 14.2. The Morgan fingerprint density at radius 3 is 2.85 bits per heavy atom. The molecule has 7 nitrogen and oxygen atoms in total. The number of amides is 2. The van der Waals surface area contributed by atoms with Crippen LogP contribution < -0.4 is 15.4 Å². The molecule has 0 aliphatic heterocycles. The Hall–Kier alpha value is -2.78. The summed E-state index contributed by atoms with van der Waals surface area (Å²) in [6.07, 6.45) is -2.41. The molecule has 0 atom stereocenters. The van der Waals surface area contributed by atoms with E-state index >= 15 is 0 Å². The van der Waals surface area contributed by atoms with Gasteiger partial charge in [-0.3, -0.25) is 0 Å². The van der Waals surface area contributed by atoms with Gasteiger partial charge in [-0.1, -0.05) is 11.2 Å². The fourth-order valence-corrected chi connectivity index (χ4v) is 2.18. The van der Waals surface area contributed by atoms with Gasteiger partial charge in [0, 0.05) is 5.92 Å². The minimum atomic E-state index is -4.47. The van der Waals surface area contributed by atoms with Crippen molar-refractivity contribution in [2.45, 2.75) is 38.4 Å². The zero-order valence-corrected chi connectivity index (χ0v) is 13.9. The maximum absolute atomic E-state index is 12.4.